The highest BCUT2D eigenvalue weighted by Crippen LogP contribution is 2.40. The lowest BCUT2D eigenvalue weighted by Crippen LogP contribution is -2.50. The van der Waals surface area contributed by atoms with Gasteiger partial charge in [-0.2, -0.15) is 0 Å². The molecule has 1 heterocycles. The second-order valence-electron chi connectivity index (χ2n) is 5.80. The molecule has 1 aromatic carbocycles. The summed E-state index contributed by atoms with van der Waals surface area (Å²) in [6.45, 7) is 1.54. The molecule has 1 aromatic rings. The van der Waals surface area contributed by atoms with E-state index in [2.05, 4.69) is 4.90 Å². The van der Waals surface area contributed by atoms with E-state index in [0.717, 1.165) is 12.5 Å². The fourth-order valence-electron chi connectivity index (χ4n) is 2.88. The molecular weight excluding hydrogens is 292 g/mol. The molecule has 1 aliphatic heterocycles. The molecule has 1 saturated heterocycles. The summed E-state index contributed by atoms with van der Waals surface area (Å²) in [5.41, 5.74) is -0.0921. The quantitative estimate of drug-likeness (QED) is 0.592. The topological polar surface area (TPSA) is 80.5 Å². The highest BCUT2D eigenvalue weighted by Gasteiger charge is 2.40. The van der Waals surface area contributed by atoms with Gasteiger partial charge in [0.05, 0.1) is 15.6 Å². The molecule has 2 aliphatic rings. The number of sulfone groups is 1. The van der Waals surface area contributed by atoms with E-state index in [1.54, 1.807) is 0 Å². The maximum absolute atomic E-state index is 12.3. The van der Waals surface area contributed by atoms with Crippen LogP contribution < -0.4 is 0 Å². The third kappa shape index (κ3) is 3.08. The molecule has 2 fully saturated rings. The predicted octanol–water partition coefficient (Wildman–Crippen LogP) is 1.85. The van der Waals surface area contributed by atoms with Crippen molar-refractivity contribution >= 4 is 15.5 Å². The molecule has 0 aromatic heterocycles. The van der Waals surface area contributed by atoms with Crippen molar-refractivity contribution in [1.82, 2.24) is 4.90 Å². The zero-order chi connectivity index (χ0) is 15.0. The Morgan fingerprint density at radius 2 is 1.86 bits per heavy atom. The second-order valence-corrected chi connectivity index (χ2v) is 7.91. The van der Waals surface area contributed by atoms with Crippen molar-refractivity contribution in [3.8, 4) is 0 Å². The van der Waals surface area contributed by atoms with Crippen molar-refractivity contribution < 1.29 is 13.3 Å². The van der Waals surface area contributed by atoms with Gasteiger partial charge in [0.2, 0.25) is 0 Å². The van der Waals surface area contributed by atoms with Gasteiger partial charge in [-0.15, -0.1) is 0 Å². The number of hydrogen-bond donors (Lipinski definition) is 0. The fourth-order valence-corrected chi connectivity index (χ4v) is 4.15. The van der Waals surface area contributed by atoms with Crippen molar-refractivity contribution in [3.05, 3.63) is 34.4 Å². The number of benzene rings is 1. The third-order valence-electron chi connectivity index (χ3n) is 4.40. The zero-order valence-corrected chi connectivity index (χ0v) is 12.5. The first kappa shape index (κ1) is 14.5. The van der Waals surface area contributed by atoms with Crippen LogP contribution >= 0.6 is 0 Å². The van der Waals surface area contributed by atoms with E-state index >= 15 is 0 Å². The second kappa shape index (κ2) is 5.38. The molecule has 0 amide bonds. The van der Waals surface area contributed by atoms with Crippen LogP contribution in [0.15, 0.2) is 29.2 Å². The van der Waals surface area contributed by atoms with Gasteiger partial charge in [0, 0.05) is 24.7 Å². The summed E-state index contributed by atoms with van der Waals surface area (Å²) in [7, 11) is -3.37. The first-order valence-corrected chi connectivity index (χ1v) is 8.84. The van der Waals surface area contributed by atoms with Crippen LogP contribution in [0, 0.1) is 16.0 Å². The normalized spacial score (nSPS) is 22.8. The molecule has 0 bridgehead atoms. The van der Waals surface area contributed by atoms with Gasteiger partial charge in [-0.05, 0) is 43.9 Å². The number of rotatable bonds is 6. The van der Waals surface area contributed by atoms with E-state index in [1.165, 1.54) is 43.5 Å². The molecule has 3 rings (SSSR count). The van der Waals surface area contributed by atoms with Crippen LogP contribution in [0.4, 0.5) is 5.69 Å². The van der Waals surface area contributed by atoms with E-state index in [-0.39, 0.29) is 16.3 Å². The zero-order valence-electron chi connectivity index (χ0n) is 11.6. The van der Waals surface area contributed by atoms with E-state index in [1.807, 2.05) is 0 Å². The van der Waals surface area contributed by atoms with Crippen LogP contribution in [-0.2, 0) is 9.84 Å². The van der Waals surface area contributed by atoms with Gasteiger partial charge in [0.1, 0.15) is 0 Å². The lowest BCUT2D eigenvalue weighted by Gasteiger charge is -2.41. The molecular formula is C14H18N2O4S. The third-order valence-corrected chi connectivity index (χ3v) is 6.11. The van der Waals surface area contributed by atoms with Crippen molar-refractivity contribution in [3.63, 3.8) is 0 Å². The van der Waals surface area contributed by atoms with Crippen LogP contribution in [-0.4, -0.2) is 43.1 Å². The highest BCUT2D eigenvalue weighted by molar-refractivity contribution is 7.91. The van der Waals surface area contributed by atoms with Crippen LogP contribution in [0.3, 0.4) is 0 Å². The van der Waals surface area contributed by atoms with Gasteiger partial charge in [-0.1, -0.05) is 0 Å². The fraction of sp³-hybridized carbons (Fsp3) is 0.571. The van der Waals surface area contributed by atoms with E-state index in [9.17, 15) is 18.5 Å². The lowest BCUT2D eigenvalue weighted by atomic mass is 9.99. The molecule has 7 heteroatoms. The Kier molecular flexibility index (Phi) is 3.71. The standard InChI is InChI=1S/C14H18N2O4S/c17-16(18)12-3-5-13(6-4-12)21(19,20)10-9-15-8-7-14(15)11-1-2-11/h3-6,11,14H,1-2,7-10H2/t14-/m1/s1. The Balaban J connectivity index is 1.62. The minimum Gasteiger partial charge on any atom is -0.299 e. The largest absolute Gasteiger partial charge is 0.299 e. The summed E-state index contributed by atoms with van der Waals surface area (Å²) in [4.78, 5) is 12.5. The van der Waals surface area contributed by atoms with E-state index in [0.29, 0.717) is 12.6 Å². The molecule has 114 valence electrons. The first-order valence-electron chi connectivity index (χ1n) is 7.18. The molecule has 0 N–H and O–H groups in total. The van der Waals surface area contributed by atoms with Gasteiger partial charge >= 0.3 is 0 Å². The minimum atomic E-state index is -3.37. The molecule has 1 atom stereocenters. The summed E-state index contributed by atoms with van der Waals surface area (Å²) < 4.78 is 24.5. The van der Waals surface area contributed by atoms with Crippen molar-refractivity contribution in [2.45, 2.75) is 30.2 Å². The van der Waals surface area contributed by atoms with E-state index in [4.69, 9.17) is 0 Å². The number of nitrogens with zero attached hydrogens (tertiary/aromatic N) is 2. The van der Waals surface area contributed by atoms with Crippen molar-refractivity contribution in [2.75, 3.05) is 18.8 Å². The monoisotopic (exact) mass is 310 g/mol. The predicted molar refractivity (Wildman–Crippen MR) is 77.9 cm³/mol. The van der Waals surface area contributed by atoms with Crippen LogP contribution in [0.5, 0.6) is 0 Å². The average molecular weight is 310 g/mol. The van der Waals surface area contributed by atoms with Gasteiger partial charge in [-0.25, -0.2) is 8.42 Å². The van der Waals surface area contributed by atoms with Gasteiger partial charge in [0.25, 0.3) is 5.69 Å². The summed E-state index contributed by atoms with van der Waals surface area (Å²) in [5.74, 6) is 0.856. The Hall–Kier alpha value is -1.47. The molecule has 6 nitrogen and oxygen atoms in total. The average Bonchev–Trinajstić information content (AvgIpc) is 3.22. The van der Waals surface area contributed by atoms with Gasteiger partial charge in [0.15, 0.2) is 9.84 Å². The van der Waals surface area contributed by atoms with Crippen molar-refractivity contribution in [1.29, 1.82) is 0 Å². The Bertz CT molecular complexity index is 637. The highest BCUT2D eigenvalue weighted by atomic mass is 32.2. The molecule has 0 spiro atoms. The lowest BCUT2D eigenvalue weighted by molar-refractivity contribution is -0.384. The Labute approximate surface area is 123 Å². The SMILES string of the molecule is O=[N+]([O-])c1ccc(S(=O)(=O)CCN2CC[C@@H]2C2CC2)cc1. The molecule has 0 unspecified atom stereocenters. The smallest absolute Gasteiger partial charge is 0.269 e. The maximum atomic E-state index is 12.3. The first-order chi connectivity index (χ1) is 9.97. The summed E-state index contributed by atoms with van der Waals surface area (Å²) >= 11 is 0. The minimum absolute atomic E-state index is 0.0774. The van der Waals surface area contributed by atoms with Crippen LogP contribution in [0.2, 0.25) is 0 Å². The van der Waals surface area contributed by atoms with Gasteiger partial charge in [-0.3, -0.25) is 15.0 Å². The summed E-state index contributed by atoms with van der Waals surface area (Å²) in [6, 6.07) is 5.70. The number of nitro benzene ring substituents is 1. The number of hydrogen-bond acceptors (Lipinski definition) is 5. The molecule has 21 heavy (non-hydrogen) atoms. The maximum Gasteiger partial charge on any atom is 0.269 e. The molecule has 0 radical (unpaired) electrons. The van der Waals surface area contributed by atoms with Gasteiger partial charge < -0.3 is 0 Å². The summed E-state index contributed by atoms with van der Waals surface area (Å²) in [5, 5.41) is 10.6. The number of likely N-dealkylation sites (tertiary alicyclic amines) is 1. The van der Waals surface area contributed by atoms with E-state index < -0.39 is 14.8 Å². The molecule has 1 aliphatic carbocycles. The van der Waals surface area contributed by atoms with Crippen LogP contribution in [0.25, 0.3) is 0 Å². The number of nitro groups is 1. The summed E-state index contributed by atoms with van der Waals surface area (Å²) in [6.07, 6.45) is 3.73. The van der Waals surface area contributed by atoms with Crippen molar-refractivity contribution in [2.24, 2.45) is 5.92 Å². The number of non-ortho nitro benzene ring substituents is 1. The van der Waals surface area contributed by atoms with Crippen LogP contribution in [0.1, 0.15) is 19.3 Å². The molecule has 1 saturated carbocycles. The Morgan fingerprint density at radius 1 is 1.19 bits per heavy atom. The Morgan fingerprint density at radius 3 is 2.33 bits per heavy atom.